The van der Waals surface area contributed by atoms with Crippen molar-refractivity contribution in [1.29, 1.82) is 0 Å². The molecule has 19 heavy (non-hydrogen) atoms. The third-order valence-electron chi connectivity index (χ3n) is 3.48. The molecule has 0 spiro atoms. The molecule has 2 heterocycles. The third kappa shape index (κ3) is 2.84. The van der Waals surface area contributed by atoms with Gasteiger partial charge in [-0.1, -0.05) is 0 Å². The van der Waals surface area contributed by atoms with Crippen molar-refractivity contribution < 1.29 is 14.3 Å². The van der Waals surface area contributed by atoms with Crippen LogP contribution in [0.5, 0.6) is 0 Å². The van der Waals surface area contributed by atoms with Crippen molar-refractivity contribution in [2.45, 2.75) is 25.4 Å². The normalized spacial score (nSPS) is 18.2. The maximum atomic E-state index is 14.0. The van der Waals surface area contributed by atoms with Gasteiger partial charge in [0.25, 0.3) is 5.91 Å². The van der Waals surface area contributed by atoms with Gasteiger partial charge in [0, 0.05) is 26.3 Å². The number of anilines is 1. The van der Waals surface area contributed by atoms with Crippen LogP contribution in [0.3, 0.4) is 0 Å². The second-order valence-corrected chi connectivity index (χ2v) is 5.06. The van der Waals surface area contributed by atoms with E-state index in [4.69, 9.17) is 0 Å². The average molecular weight is 267 g/mol. The standard InChI is InChI=1S/C13H18FN3O2/c1-13(19)4-7-17(8-5-13)12(18)9-3-6-16-11(15-2)10(9)14/h3,6,19H,4-5,7-8H2,1-2H3,(H,15,16). The van der Waals surface area contributed by atoms with Gasteiger partial charge in [0.15, 0.2) is 11.6 Å². The molecule has 1 aromatic rings. The zero-order chi connectivity index (χ0) is 14.0. The summed E-state index contributed by atoms with van der Waals surface area (Å²) < 4.78 is 14.0. The van der Waals surface area contributed by atoms with Crippen LogP contribution in [0.15, 0.2) is 12.3 Å². The predicted octanol–water partition coefficient (Wildman–Crippen LogP) is 1.25. The quantitative estimate of drug-likeness (QED) is 0.846. The van der Waals surface area contributed by atoms with Gasteiger partial charge in [-0.15, -0.1) is 0 Å². The topological polar surface area (TPSA) is 65.5 Å². The summed E-state index contributed by atoms with van der Waals surface area (Å²) in [6.45, 7) is 2.62. The van der Waals surface area contributed by atoms with E-state index < -0.39 is 11.4 Å². The summed E-state index contributed by atoms with van der Waals surface area (Å²) in [6, 6.07) is 1.38. The number of hydrogen-bond acceptors (Lipinski definition) is 4. The van der Waals surface area contributed by atoms with Crippen LogP contribution in [0, 0.1) is 5.82 Å². The number of piperidine rings is 1. The largest absolute Gasteiger partial charge is 0.390 e. The van der Waals surface area contributed by atoms with Gasteiger partial charge in [-0.25, -0.2) is 9.37 Å². The summed E-state index contributed by atoms with van der Waals surface area (Å²) >= 11 is 0. The lowest BCUT2D eigenvalue weighted by atomic mass is 9.93. The molecule has 1 fully saturated rings. The first-order valence-electron chi connectivity index (χ1n) is 6.28. The molecule has 1 amide bonds. The van der Waals surface area contributed by atoms with Gasteiger partial charge in [-0.2, -0.15) is 0 Å². The van der Waals surface area contributed by atoms with E-state index in [1.807, 2.05) is 0 Å². The van der Waals surface area contributed by atoms with Crippen LogP contribution in [0.4, 0.5) is 10.2 Å². The number of halogens is 1. The molecule has 5 nitrogen and oxygen atoms in total. The maximum Gasteiger partial charge on any atom is 0.257 e. The van der Waals surface area contributed by atoms with Crippen LogP contribution in [0.1, 0.15) is 30.1 Å². The minimum absolute atomic E-state index is 0.0147. The van der Waals surface area contributed by atoms with Crippen LogP contribution in [-0.2, 0) is 0 Å². The minimum atomic E-state index is -0.732. The van der Waals surface area contributed by atoms with Gasteiger partial charge >= 0.3 is 0 Å². The van der Waals surface area contributed by atoms with E-state index in [2.05, 4.69) is 10.3 Å². The summed E-state index contributed by atoms with van der Waals surface area (Å²) in [5, 5.41) is 12.5. The van der Waals surface area contributed by atoms with Gasteiger partial charge in [-0.05, 0) is 25.8 Å². The molecule has 0 atom stereocenters. The van der Waals surface area contributed by atoms with E-state index in [-0.39, 0.29) is 17.3 Å². The molecular weight excluding hydrogens is 249 g/mol. The molecule has 2 rings (SSSR count). The first-order chi connectivity index (χ1) is 8.94. The fourth-order valence-electron chi connectivity index (χ4n) is 2.15. The number of likely N-dealkylation sites (tertiary alicyclic amines) is 1. The molecule has 1 aliphatic heterocycles. The van der Waals surface area contributed by atoms with E-state index in [1.165, 1.54) is 12.3 Å². The van der Waals surface area contributed by atoms with Crippen molar-refractivity contribution >= 4 is 11.7 Å². The fraction of sp³-hybridized carbons (Fsp3) is 0.538. The number of amides is 1. The zero-order valence-electron chi connectivity index (χ0n) is 11.1. The second-order valence-electron chi connectivity index (χ2n) is 5.06. The fourth-order valence-corrected chi connectivity index (χ4v) is 2.15. The van der Waals surface area contributed by atoms with Crippen LogP contribution in [0.2, 0.25) is 0 Å². The number of hydrogen-bond donors (Lipinski definition) is 2. The summed E-state index contributed by atoms with van der Waals surface area (Å²) in [7, 11) is 1.55. The first kappa shape index (κ1) is 13.7. The molecule has 0 aromatic carbocycles. The highest BCUT2D eigenvalue weighted by molar-refractivity contribution is 5.95. The van der Waals surface area contributed by atoms with Crippen molar-refractivity contribution in [3.8, 4) is 0 Å². The zero-order valence-corrected chi connectivity index (χ0v) is 11.1. The summed E-state index contributed by atoms with van der Waals surface area (Å²) in [5.74, 6) is -0.922. The highest BCUT2D eigenvalue weighted by atomic mass is 19.1. The second kappa shape index (κ2) is 5.13. The molecule has 0 aliphatic carbocycles. The predicted molar refractivity (Wildman–Crippen MR) is 69.5 cm³/mol. The Kier molecular flexibility index (Phi) is 3.71. The lowest BCUT2D eigenvalue weighted by Crippen LogP contribution is -2.45. The molecule has 0 radical (unpaired) electrons. The van der Waals surface area contributed by atoms with E-state index >= 15 is 0 Å². The number of pyridine rings is 1. The number of carbonyl (C=O) groups excluding carboxylic acids is 1. The lowest BCUT2D eigenvalue weighted by Gasteiger charge is -2.35. The van der Waals surface area contributed by atoms with Crippen molar-refractivity contribution in [2.24, 2.45) is 0 Å². The highest BCUT2D eigenvalue weighted by Crippen LogP contribution is 2.24. The number of aliphatic hydroxyl groups is 1. The van der Waals surface area contributed by atoms with Gasteiger partial charge in [0.2, 0.25) is 0 Å². The summed E-state index contributed by atoms with van der Waals surface area (Å²) in [4.78, 5) is 17.6. The molecule has 1 aromatic heterocycles. The third-order valence-corrected chi connectivity index (χ3v) is 3.48. The van der Waals surface area contributed by atoms with Crippen molar-refractivity contribution in [3.63, 3.8) is 0 Å². The molecule has 6 heteroatoms. The number of nitrogens with one attached hydrogen (secondary N) is 1. The van der Waals surface area contributed by atoms with E-state index in [0.717, 1.165) is 0 Å². The smallest absolute Gasteiger partial charge is 0.257 e. The van der Waals surface area contributed by atoms with Crippen LogP contribution >= 0.6 is 0 Å². The molecule has 104 valence electrons. The molecule has 0 saturated carbocycles. The van der Waals surface area contributed by atoms with Gasteiger partial charge < -0.3 is 15.3 Å². The Hall–Kier alpha value is -1.69. The Morgan fingerprint density at radius 1 is 1.53 bits per heavy atom. The van der Waals surface area contributed by atoms with Crippen LogP contribution in [0.25, 0.3) is 0 Å². The number of aromatic nitrogens is 1. The van der Waals surface area contributed by atoms with Gasteiger partial charge in [0.1, 0.15) is 0 Å². The Morgan fingerprint density at radius 3 is 2.74 bits per heavy atom. The number of nitrogens with zero attached hydrogens (tertiary/aromatic N) is 2. The lowest BCUT2D eigenvalue weighted by molar-refractivity contribution is -0.00213. The Labute approximate surface area is 111 Å². The molecule has 2 N–H and O–H groups in total. The van der Waals surface area contributed by atoms with E-state index in [0.29, 0.717) is 25.9 Å². The SMILES string of the molecule is CNc1nccc(C(=O)N2CCC(C)(O)CC2)c1F. The molecule has 0 bridgehead atoms. The molecular formula is C13H18FN3O2. The van der Waals surface area contributed by atoms with E-state index in [9.17, 15) is 14.3 Å². The maximum absolute atomic E-state index is 14.0. The molecule has 0 unspecified atom stereocenters. The Bertz CT molecular complexity index is 481. The minimum Gasteiger partial charge on any atom is -0.390 e. The van der Waals surface area contributed by atoms with Crippen LogP contribution < -0.4 is 5.32 Å². The number of carbonyl (C=O) groups is 1. The van der Waals surface area contributed by atoms with Crippen molar-refractivity contribution in [2.75, 3.05) is 25.5 Å². The van der Waals surface area contributed by atoms with Crippen molar-refractivity contribution in [1.82, 2.24) is 9.88 Å². The summed E-state index contributed by atoms with van der Waals surface area (Å²) in [5.41, 5.74) is -0.718. The average Bonchev–Trinajstić information content (AvgIpc) is 2.38. The van der Waals surface area contributed by atoms with Gasteiger partial charge in [-0.3, -0.25) is 4.79 Å². The van der Waals surface area contributed by atoms with Crippen molar-refractivity contribution in [3.05, 3.63) is 23.6 Å². The monoisotopic (exact) mass is 267 g/mol. The first-order valence-corrected chi connectivity index (χ1v) is 6.28. The number of rotatable bonds is 2. The Balaban J connectivity index is 2.17. The van der Waals surface area contributed by atoms with Gasteiger partial charge in [0.05, 0.1) is 11.2 Å². The van der Waals surface area contributed by atoms with E-state index in [1.54, 1.807) is 18.9 Å². The Morgan fingerprint density at radius 2 is 2.16 bits per heavy atom. The highest BCUT2D eigenvalue weighted by Gasteiger charge is 2.31. The molecule has 1 aliphatic rings. The van der Waals surface area contributed by atoms with Crippen LogP contribution in [-0.4, -0.2) is 46.6 Å². The summed E-state index contributed by atoms with van der Waals surface area (Å²) in [6.07, 6.45) is 2.41. The molecule has 1 saturated heterocycles.